The minimum Gasteiger partial charge on any atom is -0.361 e. The van der Waals surface area contributed by atoms with E-state index in [1.807, 2.05) is 11.9 Å². The van der Waals surface area contributed by atoms with Crippen molar-refractivity contribution in [3.63, 3.8) is 0 Å². The van der Waals surface area contributed by atoms with Crippen LogP contribution in [0, 0.1) is 6.92 Å². The minimum absolute atomic E-state index is 0.0342. The fourth-order valence-electron chi connectivity index (χ4n) is 1.31. The van der Waals surface area contributed by atoms with Crippen LogP contribution >= 0.6 is 0 Å². The Morgan fingerprint density at radius 3 is 3.15 bits per heavy atom. The molecule has 0 saturated carbocycles. The number of hydrogen-bond donors (Lipinski definition) is 1. The number of carbonyl (C=O) groups excluding carboxylic acids is 1. The highest BCUT2D eigenvalue weighted by molar-refractivity contribution is 5.99. The highest BCUT2D eigenvalue weighted by atomic mass is 16.2. The van der Waals surface area contributed by atoms with Crippen molar-refractivity contribution in [1.82, 2.24) is 9.97 Å². The van der Waals surface area contributed by atoms with Crippen molar-refractivity contribution in [1.29, 1.82) is 0 Å². The molecule has 1 N–H and O–H groups in total. The first-order valence-corrected chi connectivity index (χ1v) is 4.01. The molecule has 2 heterocycles. The number of aryl methyl sites for hydroxylation is 1. The van der Waals surface area contributed by atoms with Gasteiger partial charge in [-0.05, 0) is 6.92 Å². The lowest BCUT2D eigenvalue weighted by molar-refractivity contribution is -0.115. The maximum Gasteiger partial charge on any atom is 0.245 e. The van der Waals surface area contributed by atoms with E-state index in [0.717, 1.165) is 5.69 Å². The number of carbonyl (C=O) groups is 1. The van der Waals surface area contributed by atoms with E-state index >= 15 is 0 Å². The lowest BCUT2D eigenvalue weighted by atomic mass is 10.3. The van der Waals surface area contributed by atoms with Crippen LogP contribution in [0.1, 0.15) is 5.82 Å². The van der Waals surface area contributed by atoms with Crippen LogP contribution in [0.5, 0.6) is 0 Å². The lowest BCUT2D eigenvalue weighted by Crippen LogP contribution is -2.36. The molecule has 1 amide bonds. The second-order valence-corrected chi connectivity index (χ2v) is 3.06. The van der Waals surface area contributed by atoms with Crippen molar-refractivity contribution in [3.05, 3.63) is 12.0 Å². The van der Waals surface area contributed by atoms with Gasteiger partial charge in [-0.3, -0.25) is 4.79 Å². The number of nitrogens with zero attached hydrogens (tertiary/aromatic N) is 3. The van der Waals surface area contributed by atoms with Crippen molar-refractivity contribution in [2.45, 2.75) is 6.92 Å². The third-order valence-electron chi connectivity index (χ3n) is 1.94. The third kappa shape index (κ3) is 1.32. The molecule has 0 spiro atoms. The molecule has 5 heteroatoms. The Labute approximate surface area is 75.8 Å². The molecule has 0 fully saturated rings. The Morgan fingerprint density at radius 1 is 1.62 bits per heavy atom. The largest absolute Gasteiger partial charge is 0.361 e. The van der Waals surface area contributed by atoms with Crippen molar-refractivity contribution < 1.29 is 4.79 Å². The number of fused-ring (bicyclic) bond motifs is 1. The first-order chi connectivity index (χ1) is 6.16. The van der Waals surface area contributed by atoms with Crippen molar-refractivity contribution >= 4 is 17.4 Å². The van der Waals surface area contributed by atoms with Gasteiger partial charge in [0.2, 0.25) is 5.91 Å². The second-order valence-electron chi connectivity index (χ2n) is 3.06. The smallest absolute Gasteiger partial charge is 0.245 e. The molecular formula is C8H10N4O. The van der Waals surface area contributed by atoms with E-state index in [9.17, 15) is 4.79 Å². The Bertz CT molecular complexity index is 363. The Kier molecular flexibility index (Phi) is 1.65. The van der Waals surface area contributed by atoms with Crippen LogP contribution in [0.3, 0.4) is 0 Å². The lowest BCUT2D eigenvalue weighted by Gasteiger charge is -2.25. The van der Waals surface area contributed by atoms with Crippen LogP contribution < -0.4 is 10.2 Å². The van der Waals surface area contributed by atoms with Crippen LogP contribution in [-0.4, -0.2) is 29.5 Å². The first kappa shape index (κ1) is 7.97. The molecule has 0 aliphatic carbocycles. The number of anilines is 2. The molecular weight excluding hydrogens is 168 g/mol. The van der Waals surface area contributed by atoms with E-state index in [1.54, 1.807) is 13.1 Å². The summed E-state index contributed by atoms with van der Waals surface area (Å²) in [6.07, 6.45) is 1.72. The van der Waals surface area contributed by atoms with Gasteiger partial charge in [-0.25, -0.2) is 9.97 Å². The van der Waals surface area contributed by atoms with Gasteiger partial charge < -0.3 is 10.2 Å². The van der Waals surface area contributed by atoms with Crippen LogP contribution in [0.25, 0.3) is 0 Å². The van der Waals surface area contributed by atoms with Gasteiger partial charge >= 0.3 is 0 Å². The predicted molar refractivity (Wildman–Crippen MR) is 48.7 cm³/mol. The summed E-state index contributed by atoms with van der Waals surface area (Å²) in [5.74, 6) is 1.23. The molecule has 1 aromatic rings. The summed E-state index contributed by atoms with van der Waals surface area (Å²) in [6, 6.07) is 0. The van der Waals surface area contributed by atoms with Crippen LogP contribution in [0.15, 0.2) is 6.20 Å². The average molecular weight is 178 g/mol. The monoisotopic (exact) mass is 178 g/mol. The van der Waals surface area contributed by atoms with Gasteiger partial charge in [0.1, 0.15) is 5.82 Å². The molecule has 0 unspecified atom stereocenters. The van der Waals surface area contributed by atoms with E-state index in [2.05, 4.69) is 15.3 Å². The summed E-state index contributed by atoms with van der Waals surface area (Å²) >= 11 is 0. The van der Waals surface area contributed by atoms with E-state index < -0.39 is 0 Å². The standard InChI is InChI=1S/C8H10N4O/c1-5-9-3-6-8(10-5)11-7(13)4-12(6)2/h3H,4H2,1-2H3,(H,9,10,11,13). The van der Waals surface area contributed by atoms with E-state index in [0.29, 0.717) is 18.2 Å². The Hall–Kier alpha value is -1.65. The zero-order chi connectivity index (χ0) is 9.42. The first-order valence-electron chi connectivity index (χ1n) is 4.01. The molecule has 13 heavy (non-hydrogen) atoms. The SMILES string of the molecule is Cc1ncc2c(n1)NC(=O)CN2C. The van der Waals surface area contributed by atoms with E-state index in [-0.39, 0.29) is 5.91 Å². The summed E-state index contributed by atoms with van der Waals surface area (Å²) in [6.45, 7) is 2.15. The maximum absolute atomic E-state index is 11.1. The van der Waals surface area contributed by atoms with Crippen molar-refractivity contribution in [2.24, 2.45) is 0 Å². The number of hydrogen-bond acceptors (Lipinski definition) is 4. The number of amides is 1. The molecule has 2 rings (SSSR count). The summed E-state index contributed by atoms with van der Waals surface area (Å²) in [7, 11) is 1.84. The Morgan fingerprint density at radius 2 is 2.38 bits per heavy atom. The fraction of sp³-hybridized carbons (Fsp3) is 0.375. The molecule has 0 aromatic carbocycles. The van der Waals surface area contributed by atoms with Crippen LogP contribution in [0.4, 0.5) is 11.5 Å². The van der Waals surface area contributed by atoms with Gasteiger partial charge in [-0.1, -0.05) is 0 Å². The predicted octanol–water partition coefficient (Wildman–Crippen LogP) is 0.173. The summed E-state index contributed by atoms with van der Waals surface area (Å²) in [5.41, 5.74) is 0.866. The molecule has 5 nitrogen and oxygen atoms in total. The van der Waals surface area contributed by atoms with Gasteiger partial charge in [-0.15, -0.1) is 0 Å². The third-order valence-corrected chi connectivity index (χ3v) is 1.94. The van der Waals surface area contributed by atoms with Gasteiger partial charge in [0, 0.05) is 7.05 Å². The molecule has 0 atom stereocenters. The molecule has 68 valence electrons. The second kappa shape index (κ2) is 2.69. The summed E-state index contributed by atoms with van der Waals surface area (Å²) in [5, 5.41) is 2.70. The zero-order valence-electron chi connectivity index (χ0n) is 7.53. The Balaban J connectivity index is 2.49. The number of rotatable bonds is 0. The molecule has 1 aromatic heterocycles. The van der Waals surface area contributed by atoms with Gasteiger partial charge in [0.15, 0.2) is 5.82 Å². The summed E-state index contributed by atoms with van der Waals surface area (Å²) in [4.78, 5) is 21.2. The van der Waals surface area contributed by atoms with Crippen molar-refractivity contribution in [3.8, 4) is 0 Å². The molecule has 0 bridgehead atoms. The fourth-order valence-corrected chi connectivity index (χ4v) is 1.31. The number of likely N-dealkylation sites (N-methyl/N-ethyl adjacent to an activating group) is 1. The molecule has 0 saturated heterocycles. The zero-order valence-corrected chi connectivity index (χ0v) is 7.53. The van der Waals surface area contributed by atoms with Gasteiger partial charge in [0.05, 0.1) is 18.4 Å². The van der Waals surface area contributed by atoms with Crippen molar-refractivity contribution in [2.75, 3.05) is 23.8 Å². The van der Waals surface area contributed by atoms with E-state index in [1.165, 1.54) is 0 Å². The van der Waals surface area contributed by atoms with Gasteiger partial charge in [-0.2, -0.15) is 0 Å². The van der Waals surface area contributed by atoms with Crippen LogP contribution in [-0.2, 0) is 4.79 Å². The molecule has 1 aliphatic rings. The number of nitrogens with one attached hydrogen (secondary N) is 1. The molecule has 0 radical (unpaired) electrons. The number of aromatic nitrogens is 2. The molecule has 1 aliphatic heterocycles. The average Bonchev–Trinajstić information content (AvgIpc) is 2.02. The summed E-state index contributed by atoms with van der Waals surface area (Å²) < 4.78 is 0. The highest BCUT2D eigenvalue weighted by Gasteiger charge is 2.20. The quantitative estimate of drug-likeness (QED) is 0.615. The minimum atomic E-state index is -0.0342. The van der Waals surface area contributed by atoms with Crippen LogP contribution in [0.2, 0.25) is 0 Å². The topological polar surface area (TPSA) is 58.1 Å². The highest BCUT2D eigenvalue weighted by Crippen LogP contribution is 2.24. The van der Waals surface area contributed by atoms with Gasteiger partial charge in [0.25, 0.3) is 0 Å². The normalized spacial score (nSPS) is 15.2. The maximum atomic E-state index is 11.1. The van der Waals surface area contributed by atoms with E-state index in [4.69, 9.17) is 0 Å².